The molecule has 222 valence electrons. The Hall–Kier alpha value is -4.54. The van der Waals surface area contributed by atoms with Crippen molar-refractivity contribution in [3.05, 3.63) is 85.2 Å². The largest absolute Gasteiger partial charge is 0.372 e. The summed E-state index contributed by atoms with van der Waals surface area (Å²) < 4.78 is 0. The van der Waals surface area contributed by atoms with Crippen LogP contribution in [-0.4, -0.2) is 36.1 Å². The molecule has 6 aromatic rings. The van der Waals surface area contributed by atoms with Gasteiger partial charge in [-0.25, -0.2) is 9.97 Å². The molecule has 2 heterocycles. The fourth-order valence-corrected chi connectivity index (χ4v) is 6.97. The van der Waals surface area contributed by atoms with E-state index >= 15 is 0 Å². The first-order valence-electron chi connectivity index (χ1n) is 14.9. The minimum atomic E-state index is 0.591. The van der Waals surface area contributed by atoms with Crippen LogP contribution in [0.15, 0.2) is 106 Å². The molecule has 44 heavy (non-hydrogen) atoms. The number of hydrogen-bond donors (Lipinski definition) is 0. The molecule has 0 N–H and O–H groups in total. The molecule has 0 bridgehead atoms. The molecule has 0 unspecified atom stereocenters. The molecular weight excluding hydrogens is 585 g/mol. The van der Waals surface area contributed by atoms with Crippen molar-refractivity contribution in [1.29, 1.82) is 0 Å². The van der Waals surface area contributed by atoms with Gasteiger partial charge in [-0.3, -0.25) is 0 Å². The average Bonchev–Trinajstić information content (AvgIpc) is 3.75. The first-order valence-corrected chi connectivity index (χ1v) is 16.6. The monoisotopic (exact) mass is 618 g/mol. The van der Waals surface area contributed by atoms with Crippen molar-refractivity contribution < 1.29 is 0 Å². The van der Waals surface area contributed by atoms with Crippen molar-refractivity contribution in [2.24, 2.45) is 20.5 Å². The zero-order chi connectivity index (χ0) is 30.5. The Bertz CT molecular complexity index is 1810. The molecule has 0 aliphatic heterocycles. The fourth-order valence-electron chi connectivity index (χ4n) is 5.43. The minimum Gasteiger partial charge on any atom is -0.372 e. The van der Waals surface area contributed by atoms with Crippen LogP contribution in [0.4, 0.5) is 33.0 Å². The van der Waals surface area contributed by atoms with Crippen LogP contribution in [0.25, 0.3) is 31.3 Å². The summed E-state index contributed by atoms with van der Waals surface area (Å²) in [4.78, 5) is 15.6. The summed E-state index contributed by atoms with van der Waals surface area (Å²) >= 11 is 2.96. The van der Waals surface area contributed by atoms with E-state index in [0.717, 1.165) is 58.1 Å². The summed E-state index contributed by atoms with van der Waals surface area (Å²) in [7, 11) is 0. The molecular formula is C34H34N8S2. The van der Waals surface area contributed by atoms with E-state index in [1.54, 1.807) is 0 Å². The van der Waals surface area contributed by atoms with Gasteiger partial charge >= 0.3 is 0 Å². The predicted octanol–water partition coefficient (Wildman–Crippen LogP) is 11.1. The predicted molar refractivity (Wildman–Crippen MR) is 187 cm³/mol. The van der Waals surface area contributed by atoms with Gasteiger partial charge in [0.25, 0.3) is 0 Å². The lowest BCUT2D eigenvalue weighted by atomic mass is 10.1. The standard InChI is InChI=1S/C34H34N8S2/c1-5-41(6-2)29-19-17-27(23-13-9-11-15-25(23)29)37-39-33-35-21-31(43-33)32-22-36-34(44-32)40-38-28-18-20-30(42(7-3)8-4)26-16-12-10-14-24(26)28/h9-22H,5-8H2,1-4H3. The number of azo groups is 2. The van der Waals surface area contributed by atoms with Crippen LogP contribution in [0, 0.1) is 0 Å². The van der Waals surface area contributed by atoms with Crippen molar-refractivity contribution in [3.8, 4) is 9.75 Å². The van der Waals surface area contributed by atoms with E-state index in [2.05, 4.69) is 116 Å². The third kappa shape index (κ3) is 5.95. The van der Waals surface area contributed by atoms with Gasteiger partial charge in [0.2, 0.25) is 10.3 Å². The van der Waals surface area contributed by atoms with E-state index in [1.165, 1.54) is 44.8 Å². The van der Waals surface area contributed by atoms with Crippen LogP contribution in [0.1, 0.15) is 27.7 Å². The second-order valence-electron chi connectivity index (χ2n) is 10.1. The summed E-state index contributed by atoms with van der Waals surface area (Å²) in [6, 6.07) is 25.0. The van der Waals surface area contributed by atoms with Gasteiger partial charge in [0.1, 0.15) is 0 Å². The summed E-state index contributed by atoms with van der Waals surface area (Å²) in [6.45, 7) is 12.5. The molecule has 0 aliphatic rings. The number of fused-ring (bicyclic) bond motifs is 2. The highest BCUT2D eigenvalue weighted by molar-refractivity contribution is 7.25. The lowest BCUT2D eigenvalue weighted by Crippen LogP contribution is -2.21. The molecule has 0 radical (unpaired) electrons. The van der Waals surface area contributed by atoms with Gasteiger partial charge in [0, 0.05) is 71.5 Å². The number of nitrogens with zero attached hydrogens (tertiary/aromatic N) is 8. The van der Waals surface area contributed by atoms with Crippen LogP contribution >= 0.6 is 22.7 Å². The highest BCUT2D eigenvalue weighted by Crippen LogP contribution is 2.40. The number of anilines is 2. The molecule has 0 saturated heterocycles. The molecule has 0 spiro atoms. The highest BCUT2D eigenvalue weighted by atomic mass is 32.1. The highest BCUT2D eigenvalue weighted by Gasteiger charge is 2.13. The summed E-state index contributed by atoms with van der Waals surface area (Å²) in [5, 5.41) is 23.8. The molecule has 0 saturated carbocycles. The number of aromatic nitrogens is 2. The van der Waals surface area contributed by atoms with Crippen molar-refractivity contribution in [2.45, 2.75) is 27.7 Å². The van der Waals surface area contributed by atoms with Crippen LogP contribution in [-0.2, 0) is 0 Å². The van der Waals surface area contributed by atoms with E-state index in [0.29, 0.717) is 10.3 Å². The maximum Gasteiger partial charge on any atom is 0.230 e. The van der Waals surface area contributed by atoms with Crippen LogP contribution in [0.2, 0.25) is 0 Å². The van der Waals surface area contributed by atoms with Crippen LogP contribution < -0.4 is 9.80 Å². The maximum absolute atomic E-state index is 4.59. The van der Waals surface area contributed by atoms with E-state index in [-0.39, 0.29) is 0 Å². The minimum absolute atomic E-state index is 0.591. The van der Waals surface area contributed by atoms with E-state index in [4.69, 9.17) is 0 Å². The quantitative estimate of drug-likeness (QED) is 0.135. The lowest BCUT2D eigenvalue weighted by Gasteiger charge is -2.23. The van der Waals surface area contributed by atoms with Crippen molar-refractivity contribution in [2.75, 3.05) is 36.0 Å². The number of benzene rings is 4. The lowest BCUT2D eigenvalue weighted by molar-refractivity contribution is 0.870. The Morgan fingerprint density at radius 2 is 0.886 bits per heavy atom. The molecule has 2 aromatic heterocycles. The second-order valence-corrected chi connectivity index (χ2v) is 12.1. The van der Waals surface area contributed by atoms with Crippen LogP contribution in [0.3, 0.4) is 0 Å². The van der Waals surface area contributed by atoms with Gasteiger partial charge < -0.3 is 9.80 Å². The molecule has 6 rings (SSSR count). The van der Waals surface area contributed by atoms with Gasteiger partial charge in [0.15, 0.2) is 0 Å². The van der Waals surface area contributed by atoms with Crippen molar-refractivity contribution >= 4 is 77.2 Å². The molecule has 10 heteroatoms. The Morgan fingerprint density at radius 3 is 1.27 bits per heavy atom. The Kier molecular flexibility index (Phi) is 8.99. The Morgan fingerprint density at radius 1 is 0.500 bits per heavy atom. The number of thiazole rings is 2. The molecule has 4 aromatic carbocycles. The van der Waals surface area contributed by atoms with Gasteiger partial charge in [0.05, 0.1) is 21.1 Å². The van der Waals surface area contributed by atoms with Crippen molar-refractivity contribution in [1.82, 2.24) is 9.97 Å². The third-order valence-electron chi connectivity index (χ3n) is 7.68. The average molecular weight is 619 g/mol. The molecule has 8 nitrogen and oxygen atoms in total. The Labute approximate surface area is 265 Å². The summed E-state index contributed by atoms with van der Waals surface area (Å²) in [5.74, 6) is 0. The summed E-state index contributed by atoms with van der Waals surface area (Å²) in [5.41, 5.74) is 4.07. The van der Waals surface area contributed by atoms with E-state index in [1.807, 2.05) is 36.7 Å². The van der Waals surface area contributed by atoms with E-state index in [9.17, 15) is 0 Å². The van der Waals surface area contributed by atoms with E-state index < -0.39 is 0 Å². The van der Waals surface area contributed by atoms with Crippen LogP contribution in [0.5, 0.6) is 0 Å². The maximum atomic E-state index is 4.59. The zero-order valence-electron chi connectivity index (χ0n) is 25.3. The smallest absolute Gasteiger partial charge is 0.230 e. The molecule has 0 aliphatic carbocycles. The normalized spacial score (nSPS) is 11.8. The molecule has 0 amide bonds. The zero-order valence-corrected chi connectivity index (χ0v) is 26.9. The molecule has 0 atom stereocenters. The second kappa shape index (κ2) is 13.4. The van der Waals surface area contributed by atoms with Gasteiger partial charge in [-0.05, 0) is 52.0 Å². The topological polar surface area (TPSA) is 81.7 Å². The van der Waals surface area contributed by atoms with Gasteiger partial charge in [-0.2, -0.15) is 0 Å². The Balaban J connectivity index is 1.21. The fraction of sp³-hybridized carbons (Fsp3) is 0.235. The van der Waals surface area contributed by atoms with Gasteiger partial charge in [-0.1, -0.05) is 71.2 Å². The summed E-state index contributed by atoms with van der Waals surface area (Å²) in [6.07, 6.45) is 3.63. The number of hydrogen-bond acceptors (Lipinski definition) is 10. The SMILES string of the molecule is CCN(CC)c1ccc(N=Nc2ncc(-c3cnc(N=Nc4ccc(N(CC)CC)c5ccccc45)s3)s2)c2ccccc12. The molecule has 0 fully saturated rings. The third-order valence-corrected chi connectivity index (χ3v) is 9.64. The number of rotatable bonds is 11. The van der Waals surface area contributed by atoms with Gasteiger partial charge in [-0.15, -0.1) is 20.5 Å². The first kappa shape index (κ1) is 29.5. The van der Waals surface area contributed by atoms with Crippen molar-refractivity contribution in [3.63, 3.8) is 0 Å². The first-order chi connectivity index (χ1) is 21.6.